The lowest BCUT2D eigenvalue weighted by Gasteiger charge is -2.02. The average Bonchev–Trinajstić information content (AvgIpc) is 2.99. The first-order valence-electron chi connectivity index (χ1n) is 6.18. The van der Waals surface area contributed by atoms with E-state index in [0.717, 1.165) is 0 Å². The number of nitrogens with zero attached hydrogens (tertiary/aromatic N) is 1. The summed E-state index contributed by atoms with van der Waals surface area (Å²) in [5.74, 6) is -0.505. The number of rotatable bonds is 4. The molecule has 5 heteroatoms. The minimum Gasteiger partial charge on any atom is -0.461 e. The number of allylic oxidation sites excluding steroid dienone is 1. The molecular formula is C16H12N2O3. The summed E-state index contributed by atoms with van der Waals surface area (Å²) >= 11 is 0. The summed E-state index contributed by atoms with van der Waals surface area (Å²) in [6.07, 6.45) is 2.85. The highest BCUT2D eigenvalue weighted by atomic mass is 16.3. The van der Waals surface area contributed by atoms with Gasteiger partial charge in [0.15, 0.2) is 5.76 Å². The molecule has 2 rings (SSSR count). The first kappa shape index (κ1) is 14.3. The Labute approximate surface area is 121 Å². The van der Waals surface area contributed by atoms with E-state index in [1.807, 2.05) is 6.07 Å². The molecule has 104 valence electrons. The second-order valence-electron chi connectivity index (χ2n) is 4.28. The Hall–Kier alpha value is -3.13. The number of benzene rings is 1. The molecule has 1 aromatic carbocycles. The Morgan fingerprint density at radius 1 is 1.24 bits per heavy atom. The SMILES string of the molecule is CC(=O)Nc1ccc(/C=C(\C#N)C(=O)c2ccco2)cc1. The van der Waals surface area contributed by atoms with Gasteiger partial charge in [0.25, 0.3) is 0 Å². The number of nitrogens with one attached hydrogen (secondary N) is 1. The first-order chi connectivity index (χ1) is 10.1. The monoisotopic (exact) mass is 280 g/mol. The number of nitriles is 1. The molecule has 1 aromatic heterocycles. The number of ketones is 1. The van der Waals surface area contributed by atoms with Crippen molar-refractivity contribution in [1.29, 1.82) is 5.26 Å². The van der Waals surface area contributed by atoms with E-state index in [4.69, 9.17) is 9.68 Å². The van der Waals surface area contributed by atoms with Gasteiger partial charge >= 0.3 is 0 Å². The van der Waals surface area contributed by atoms with Crippen LogP contribution in [0.1, 0.15) is 23.0 Å². The molecule has 0 fully saturated rings. The maximum absolute atomic E-state index is 12.0. The van der Waals surface area contributed by atoms with Gasteiger partial charge in [0.05, 0.1) is 6.26 Å². The van der Waals surface area contributed by atoms with Crippen molar-refractivity contribution in [2.75, 3.05) is 5.32 Å². The van der Waals surface area contributed by atoms with E-state index in [-0.39, 0.29) is 17.2 Å². The fourth-order valence-electron chi connectivity index (χ4n) is 1.72. The van der Waals surface area contributed by atoms with Crippen LogP contribution >= 0.6 is 0 Å². The number of carbonyl (C=O) groups is 2. The highest BCUT2D eigenvalue weighted by Crippen LogP contribution is 2.15. The topological polar surface area (TPSA) is 83.1 Å². The van der Waals surface area contributed by atoms with Crippen molar-refractivity contribution < 1.29 is 14.0 Å². The van der Waals surface area contributed by atoms with Crippen molar-refractivity contribution in [2.45, 2.75) is 6.92 Å². The zero-order valence-corrected chi connectivity index (χ0v) is 11.3. The first-order valence-corrected chi connectivity index (χ1v) is 6.18. The lowest BCUT2D eigenvalue weighted by molar-refractivity contribution is -0.114. The number of hydrogen-bond acceptors (Lipinski definition) is 4. The van der Waals surface area contributed by atoms with Gasteiger partial charge in [0.1, 0.15) is 11.6 Å². The van der Waals surface area contributed by atoms with E-state index in [1.54, 1.807) is 30.3 Å². The van der Waals surface area contributed by atoms with Gasteiger partial charge < -0.3 is 9.73 Å². The van der Waals surface area contributed by atoms with E-state index in [2.05, 4.69) is 5.32 Å². The molecular weight excluding hydrogens is 268 g/mol. The minimum atomic E-state index is -0.464. The van der Waals surface area contributed by atoms with Crippen molar-refractivity contribution in [1.82, 2.24) is 0 Å². The van der Waals surface area contributed by atoms with Crippen molar-refractivity contribution in [3.8, 4) is 6.07 Å². The van der Waals surface area contributed by atoms with Crippen molar-refractivity contribution >= 4 is 23.5 Å². The highest BCUT2D eigenvalue weighted by Gasteiger charge is 2.14. The largest absolute Gasteiger partial charge is 0.461 e. The molecule has 0 aliphatic heterocycles. The second kappa shape index (κ2) is 6.35. The molecule has 1 N–H and O–H groups in total. The van der Waals surface area contributed by atoms with Gasteiger partial charge in [-0.25, -0.2) is 0 Å². The number of amides is 1. The Kier molecular flexibility index (Phi) is 4.32. The summed E-state index contributed by atoms with van der Waals surface area (Å²) in [6, 6.07) is 11.8. The van der Waals surface area contributed by atoms with Gasteiger partial charge in [-0.2, -0.15) is 5.26 Å². The number of furan rings is 1. The van der Waals surface area contributed by atoms with Crippen LogP contribution in [0.2, 0.25) is 0 Å². The van der Waals surface area contributed by atoms with Crippen LogP contribution in [0.5, 0.6) is 0 Å². The summed E-state index contributed by atoms with van der Waals surface area (Å²) in [4.78, 5) is 22.9. The molecule has 5 nitrogen and oxygen atoms in total. The van der Waals surface area contributed by atoms with E-state index in [9.17, 15) is 9.59 Å². The van der Waals surface area contributed by atoms with Gasteiger partial charge in [-0.05, 0) is 35.9 Å². The number of carbonyl (C=O) groups excluding carboxylic acids is 2. The Bertz CT molecular complexity index is 720. The summed E-state index contributed by atoms with van der Waals surface area (Å²) in [5, 5.41) is 11.7. The molecule has 0 atom stereocenters. The zero-order chi connectivity index (χ0) is 15.2. The Morgan fingerprint density at radius 3 is 2.48 bits per heavy atom. The van der Waals surface area contributed by atoms with Crippen LogP contribution in [0.3, 0.4) is 0 Å². The van der Waals surface area contributed by atoms with Crippen LogP contribution in [-0.2, 0) is 4.79 Å². The smallest absolute Gasteiger partial charge is 0.238 e. The molecule has 0 aliphatic rings. The number of hydrogen-bond donors (Lipinski definition) is 1. The molecule has 1 amide bonds. The van der Waals surface area contributed by atoms with E-state index in [0.29, 0.717) is 11.3 Å². The van der Waals surface area contributed by atoms with E-state index < -0.39 is 5.78 Å². The van der Waals surface area contributed by atoms with E-state index in [1.165, 1.54) is 25.3 Å². The molecule has 0 saturated carbocycles. The molecule has 0 spiro atoms. The second-order valence-corrected chi connectivity index (χ2v) is 4.28. The predicted molar refractivity (Wildman–Crippen MR) is 77.4 cm³/mol. The maximum Gasteiger partial charge on any atom is 0.238 e. The third-order valence-corrected chi connectivity index (χ3v) is 2.65. The predicted octanol–water partition coefficient (Wildman–Crippen LogP) is 3.03. The average molecular weight is 280 g/mol. The van der Waals surface area contributed by atoms with Crippen LogP contribution in [0.15, 0.2) is 52.7 Å². The Morgan fingerprint density at radius 2 is 1.95 bits per heavy atom. The molecule has 0 unspecified atom stereocenters. The van der Waals surface area contributed by atoms with Crippen LogP contribution in [-0.4, -0.2) is 11.7 Å². The minimum absolute atomic E-state index is 0.0165. The fourth-order valence-corrected chi connectivity index (χ4v) is 1.72. The third kappa shape index (κ3) is 3.67. The lowest BCUT2D eigenvalue weighted by atomic mass is 10.1. The zero-order valence-electron chi connectivity index (χ0n) is 11.3. The molecule has 21 heavy (non-hydrogen) atoms. The maximum atomic E-state index is 12.0. The molecule has 0 saturated heterocycles. The fraction of sp³-hybridized carbons (Fsp3) is 0.0625. The van der Waals surface area contributed by atoms with Gasteiger partial charge in [-0.1, -0.05) is 12.1 Å². The lowest BCUT2D eigenvalue weighted by Crippen LogP contribution is -2.05. The summed E-state index contributed by atoms with van der Waals surface area (Å²) < 4.78 is 4.99. The Balaban J connectivity index is 2.22. The van der Waals surface area contributed by atoms with Gasteiger partial charge in [-0.3, -0.25) is 9.59 Å². The van der Waals surface area contributed by atoms with Crippen LogP contribution in [0.25, 0.3) is 6.08 Å². The summed E-state index contributed by atoms with van der Waals surface area (Å²) in [7, 11) is 0. The number of Topliss-reactive ketones (excluding diaryl/α,β-unsaturated/α-hetero) is 1. The van der Waals surface area contributed by atoms with Gasteiger partial charge in [0, 0.05) is 12.6 Å². The van der Waals surface area contributed by atoms with Crippen LogP contribution in [0, 0.1) is 11.3 Å². The third-order valence-electron chi connectivity index (χ3n) is 2.65. The van der Waals surface area contributed by atoms with Crippen LogP contribution < -0.4 is 5.32 Å². The standard InChI is InChI=1S/C16H12N2O3/c1-11(19)18-14-6-4-12(5-7-14)9-13(10-17)16(20)15-3-2-8-21-15/h2-9H,1H3,(H,18,19)/b13-9+. The van der Waals surface area contributed by atoms with Gasteiger partial charge in [-0.15, -0.1) is 0 Å². The summed E-state index contributed by atoms with van der Waals surface area (Å²) in [6.45, 7) is 1.42. The molecule has 0 aliphatic carbocycles. The number of anilines is 1. The van der Waals surface area contributed by atoms with Crippen molar-refractivity contribution in [2.24, 2.45) is 0 Å². The molecule has 0 radical (unpaired) electrons. The highest BCUT2D eigenvalue weighted by molar-refractivity contribution is 6.12. The molecule has 1 heterocycles. The van der Waals surface area contributed by atoms with Crippen molar-refractivity contribution in [3.63, 3.8) is 0 Å². The van der Waals surface area contributed by atoms with E-state index >= 15 is 0 Å². The molecule has 2 aromatic rings. The normalized spacial score (nSPS) is 10.8. The van der Waals surface area contributed by atoms with Crippen molar-refractivity contribution in [3.05, 3.63) is 59.6 Å². The van der Waals surface area contributed by atoms with Crippen LogP contribution in [0.4, 0.5) is 5.69 Å². The molecule has 0 bridgehead atoms. The quantitative estimate of drug-likeness (QED) is 0.530. The summed E-state index contributed by atoms with van der Waals surface area (Å²) in [5.41, 5.74) is 1.31. The van der Waals surface area contributed by atoms with Gasteiger partial charge in [0.2, 0.25) is 11.7 Å².